The summed E-state index contributed by atoms with van der Waals surface area (Å²) >= 11 is 0. The lowest BCUT2D eigenvalue weighted by atomic mass is 9.82. The molecule has 3 heteroatoms. The summed E-state index contributed by atoms with van der Waals surface area (Å²) in [6.45, 7) is 9.49. The minimum Gasteiger partial charge on any atom is -0.339 e. The molecule has 2 atom stereocenters. The van der Waals surface area contributed by atoms with Gasteiger partial charge in [0.15, 0.2) is 0 Å². The first kappa shape index (κ1) is 12.9. The van der Waals surface area contributed by atoms with E-state index in [2.05, 4.69) is 31.0 Å². The molecule has 2 heterocycles. The maximum absolute atomic E-state index is 12.8. The molecule has 0 aliphatic carbocycles. The minimum absolute atomic E-state index is 0.0997. The van der Waals surface area contributed by atoms with Gasteiger partial charge in [-0.15, -0.1) is 0 Å². The van der Waals surface area contributed by atoms with Crippen molar-refractivity contribution < 1.29 is 4.79 Å². The lowest BCUT2D eigenvalue weighted by Gasteiger charge is -2.35. The van der Waals surface area contributed by atoms with Crippen LogP contribution in [0.2, 0.25) is 0 Å². The van der Waals surface area contributed by atoms with E-state index in [4.69, 9.17) is 0 Å². The summed E-state index contributed by atoms with van der Waals surface area (Å²) in [7, 11) is 0. The molecule has 0 aromatic carbocycles. The molecule has 2 rings (SSSR count). The largest absolute Gasteiger partial charge is 0.339 e. The number of hydrogen-bond acceptors (Lipinski definition) is 2. The Balaban J connectivity index is 2.13. The van der Waals surface area contributed by atoms with E-state index in [0.717, 1.165) is 32.5 Å². The first-order chi connectivity index (χ1) is 8.10. The van der Waals surface area contributed by atoms with E-state index in [1.54, 1.807) is 0 Å². The van der Waals surface area contributed by atoms with E-state index >= 15 is 0 Å². The normalized spacial score (nSPS) is 33.6. The Hall–Kier alpha value is -0.570. The van der Waals surface area contributed by atoms with Crippen LogP contribution in [0.25, 0.3) is 0 Å². The van der Waals surface area contributed by atoms with Gasteiger partial charge in [-0.3, -0.25) is 4.79 Å². The smallest absolute Gasteiger partial charge is 0.230 e. The Morgan fingerprint density at radius 3 is 2.82 bits per heavy atom. The van der Waals surface area contributed by atoms with Crippen LogP contribution in [0.3, 0.4) is 0 Å². The fourth-order valence-electron chi connectivity index (χ4n) is 3.42. The zero-order valence-corrected chi connectivity index (χ0v) is 11.5. The molecule has 2 saturated heterocycles. The molecule has 0 aromatic heterocycles. The van der Waals surface area contributed by atoms with Gasteiger partial charge in [0.05, 0.1) is 5.41 Å². The third-order valence-corrected chi connectivity index (χ3v) is 4.70. The standard InChI is InChI=1S/C14H26N2O/c1-4-14(7-8-15-10-14)13(17)16-9-5-6-12(16)11(2)3/h11-12,15H,4-10H2,1-3H3. The van der Waals surface area contributed by atoms with Gasteiger partial charge in [0.1, 0.15) is 0 Å². The first-order valence-corrected chi connectivity index (χ1v) is 7.12. The molecule has 17 heavy (non-hydrogen) atoms. The van der Waals surface area contributed by atoms with E-state index in [9.17, 15) is 4.79 Å². The van der Waals surface area contributed by atoms with Crippen molar-refractivity contribution in [2.24, 2.45) is 11.3 Å². The van der Waals surface area contributed by atoms with Gasteiger partial charge in [0.2, 0.25) is 5.91 Å². The SMILES string of the molecule is CCC1(C(=O)N2CCCC2C(C)C)CCNC1. The average molecular weight is 238 g/mol. The quantitative estimate of drug-likeness (QED) is 0.816. The van der Waals surface area contributed by atoms with Crippen molar-refractivity contribution in [2.75, 3.05) is 19.6 Å². The van der Waals surface area contributed by atoms with Crippen molar-refractivity contribution in [1.29, 1.82) is 0 Å². The molecular formula is C14H26N2O. The van der Waals surface area contributed by atoms with Gasteiger partial charge in [0.25, 0.3) is 0 Å². The number of hydrogen-bond donors (Lipinski definition) is 1. The summed E-state index contributed by atoms with van der Waals surface area (Å²) < 4.78 is 0. The monoisotopic (exact) mass is 238 g/mol. The van der Waals surface area contributed by atoms with Crippen LogP contribution in [0.5, 0.6) is 0 Å². The number of likely N-dealkylation sites (tertiary alicyclic amines) is 1. The molecule has 0 radical (unpaired) electrons. The molecule has 2 aliphatic heterocycles. The molecule has 0 saturated carbocycles. The van der Waals surface area contributed by atoms with Gasteiger partial charge in [-0.05, 0) is 38.1 Å². The topological polar surface area (TPSA) is 32.3 Å². The molecule has 1 N–H and O–H groups in total. The highest BCUT2D eigenvalue weighted by atomic mass is 16.2. The number of nitrogens with one attached hydrogen (secondary N) is 1. The third kappa shape index (κ3) is 2.22. The van der Waals surface area contributed by atoms with Crippen molar-refractivity contribution in [3.05, 3.63) is 0 Å². The summed E-state index contributed by atoms with van der Waals surface area (Å²) in [5.74, 6) is 1.01. The zero-order valence-electron chi connectivity index (χ0n) is 11.5. The summed E-state index contributed by atoms with van der Waals surface area (Å²) in [4.78, 5) is 15.0. The van der Waals surface area contributed by atoms with Crippen LogP contribution in [0.4, 0.5) is 0 Å². The minimum atomic E-state index is -0.0997. The highest BCUT2D eigenvalue weighted by Crippen LogP contribution is 2.35. The second kappa shape index (κ2) is 4.97. The van der Waals surface area contributed by atoms with Gasteiger partial charge in [-0.25, -0.2) is 0 Å². The molecular weight excluding hydrogens is 212 g/mol. The Labute approximate surface area is 105 Å². The highest BCUT2D eigenvalue weighted by Gasteiger charge is 2.45. The fourth-order valence-corrected chi connectivity index (χ4v) is 3.42. The molecule has 2 unspecified atom stereocenters. The first-order valence-electron chi connectivity index (χ1n) is 7.12. The number of carbonyl (C=O) groups is 1. The number of carbonyl (C=O) groups excluding carboxylic acids is 1. The Bertz CT molecular complexity index is 282. The predicted octanol–water partition coefficient (Wildman–Crippen LogP) is 2.02. The van der Waals surface area contributed by atoms with Crippen LogP contribution < -0.4 is 5.32 Å². The average Bonchev–Trinajstić information content (AvgIpc) is 2.98. The molecule has 0 aromatic rings. The lowest BCUT2D eigenvalue weighted by molar-refractivity contribution is -0.143. The van der Waals surface area contributed by atoms with E-state index in [1.165, 1.54) is 12.8 Å². The van der Waals surface area contributed by atoms with E-state index < -0.39 is 0 Å². The van der Waals surface area contributed by atoms with Crippen LogP contribution in [-0.4, -0.2) is 36.5 Å². The van der Waals surface area contributed by atoms with Crippen LogP contribution in [-0.2, 0) is 4.79 Å². The number of nitrogens with zero attached hydrogens (tertiary/aromatic N) is 1. The van der Waals surface area contributed by atoms with E-state index in [-0.39, 0.29) is 5.41 Å². The van der Waals surface area contributed by atoms with Gasteiger partial charge in [0, 0.05) is 19.1 Å². The van der Waals surface area contributed by atoms with Crippen molar-refractivity contribution >= 4 is 5.91 Å². The van der Waals surface area contributed by atoms with Crippen LogP contribution in [0.15, 0.2) is 0 Å². The maximum atomic E-state index is 12.8. The Morgan fingerprint density at radius 2 is 2.29 bits per heavy atom. The second-order valence-electron chi connectivity index (χ2n) is 6.01. The van der Waals surface area contributed by atoms with Crippen LogP contribution in [0.1, 0.15) is 46.5 Å². The van der Waals surface area contributed by atoms with E-state index in [0.29, 0.717) is 17.9 Å². The van der Waals surface area contributed by atoms with Gasteiger partial charge >= 0.3 is 0 Å². The Kier molecular flexibility index (Phi) is 3.76. The summed E-state index contributed by atoms with van der Waals surface area (Å²) in [5, 5.41) is 3.37. The second-order valence-corrected chi connectivity index (χ2v) is 6.01. The summed E-state index contributed by atoms with van der Waals surface area (Å²) in [6.07, 6.45) is 4.36. The highest BCUT2D eigenvalue weighted by molar-refractivity contribution is 5.84. The maximum Gasteiger partial charge on any atom is 0.230 e. The summed E-state index contributed by atoms with van der Waals surface area (Å²) in [6, 6.07) is 0.478. The van der Waals surface area contributed by atoms with Crippen molar-refractivity contribution in [3.63, 3.8) is 0 Å². The fraction of sp³-hybridized carbons (Fsp3) is 0.929. The summed E-state index contributed by atoms with van der Waals surface area (Å²) in [5.41, 5.74) is -0.0997. The Morgan fingerprint density at radius 1 is 1.53 bits per heavy atom. The zero-order chi connectivity index (χ0) is 12.5. The molecule has 1 amide bonds. The van der Waals surface area contributed by atoms with Crippen molar-refractivity contribution in [2.45, 2.75) is 52.5 Å². The third-order valence-electron chi connectivity index (χ3n) is 4.70. The molecule has 0 bridgehead atoms. The molecule has 98 valence electrons. The lowest BCUT2D eigenvalue weighted by Crippen LogP contribution is -2.48. The van der Waals surface area contributed by atoms with Crippen LogP contribution in [0, 0.1) is 11.3 Å². The molecule has 0 spiro atoms. The van der Waals surface area contributed by atoms with Crippen molar-refractivity contribution in [3.8, 4) is 0 Å². The number of amides is 1. The van der Waals surface area contributed by atoms with Gasteiger partial charge in [-0.2, -0.15) is 0 Å². The molecule has 3 nitrogen and oxygen atoms in total. The predicted molar refractivity (Wildman–Crippen MR) is 69.8 cm³/mol. The molecule has 2 aliphatic rings. The van der Waals surface area contributed by atoms with Crippen LogP contribution >= 0.6 is 0 Å². The molecule has 2 fully saturated rings. The van der Waals surface area contributed by atoms with Gasteiger partial charge in [-0.1, -0.05) is 20.8 Å². The van der Waals surface area contributed by atoms with E-state index in [1.807, 2.05) is 0 Å². The van der Waals surface area contributed by atoms with Crippen molar-refractivity contribution in [1.82, 2.24) is 10.2 Å². The number of rotatable bonds is 3. The van der Waals surface area contributed by atoms with Gasteiger partial charge < -0.3 is 10.2 Å².